The quantitative estimate of drug-likeness (QED) is 0.849. The van der Waals surface area contributed by atoms with Crippen molar-refractivity contribution in [1.82, 2.24) is 5.32 Å². The number of anilines is 1. The van der Waals surface area contributed by atoms with Crippen LogP contribution in [0.15, 0.2) is 24.3 Å². The molecule has 5 heteroatoms. The lowest BCUT2D eigenvalue weighted by molar-refractivity contribution is -0.124. The number of ether oxygens (including phenoxy) is 1. The highest BCUT2D eigenvalue weighted by Crippen LogP contribution is 2.22. The first-order valence-corrected chi connectivity index (χ1v) is 7.83. The van der Waals surface area contributed by atoms with E-state index in [-0.39, 0.29) is 11.8 Å². The van der Waals surface area contributed by atoms with Crippen LogP contribution in [0.4, 0.5) is 5.69 Å². The zero-order valence-electron chi connectivity index (χ0n) is 13.2. The molecule has 0 aromatic heterocycles. The van der Waals surface area contributed by atoms with Crippen molar-refractivity contribution in [2.45, 2.75) is 58.3 Å². The minimum atomic E-state index is -0.559. The number of hydrogen-bond acceptors (Lipinski definition) is 3. The number of carbonyl (C=O) groups is 2. The molecule has 0 heterocycles. The van der Waals surface area contributed by atoms with Crippen LogP contribution < -0.4 is 10.6 Å². The summed E-state index contributed by atoms with van der Waals surface area (Å²) in [6, 6.07) is 7.06. The van der Waals surface area contributed by atoms with Gasteiger partial charge in [-0.2, -0.15) is 0 Å². The van der Waals surface area contributed by atoms with Gasteiger partial charge in [0.15, 0.2) is 0 Å². The van der Waals surface area contributed by atoms with Gasteiger partial charge in [-0.3, -0.25) is 9.59 Å². The second-order valence-electron chi connectivity index (χ2n) is 5.83. The Hall–Kier alpha value is -1.88. The third-order valence-electron chi connectivity index (χ3n) is 3.80. The Balaban J connectivity index is 1.87. The molecular formula is C17H24N2O3. The molecule has 2 rings (SSSR count). The first-order valence-electron chi connectivity index (χ1n) is 7.83. The van der Waals surface area contributed by atoms with Gasteiger partial charge in [0.05, 0.1) is 12.7 Å². The average molecular weight is 304 g/mol. The van der Waals surface area contributed by atoms with Crippen LogP contribution in [0.1, 0.15) is 45.1 Å². The Kier molecular flexibility index (Phi) is 5.95. The fraction of sp³-hybridized carbons (Fsp3) is 0.529. The SMILES string of the molecule is CC(=O)N[C@@H](C)C(=O)Nc1cccc(COC2CCCC2)c1. The number of nitrogens with one attached hydrogen (secondary N) is 2. The van der Waals surface area contributed by atoms with Gasteiger partial charge in [-0.1, -0.05) is 25.0 Å². The number of rotatable bonds is 6. The summed E-state index contributed by atoms with van der Waals surface area (Å²) in [6.07, 6.45) is 5.16. The molecule has 1 fully saturated rings. The van der Waals surface area contributed by atoms with Crippen molar-refractivity contribution in [3.05, 3.63) is 29.8 Å². The van der Waals surface area contributed by atoms with Gasteiger partial charge < -0.3 is 15.4 Å². The molecule has 0 bridgehead atoms. The van der Waals surface area contributed by atoms with Crippen LogP contribution >= 0.6 is 0 Å². The van der Waals surface area contributed by atoms with E-state index in [4.69, 9.17) is 4.74 Å². The van der Waals surface area contributed by atoms with E-state index in [1.807, 2.05) is 24.3 Å². The molecule has 0 radical (unpaired) electrons. The highest BCUT2D eigenvalue weighted by molar-refractivity contribution is 5.96. The highest BCUT2D eigenvalue weighted by atomic mass is 16.5. The van der Waals surface area contributed by atoms with Gasteiger partial charge in [-0.15, -0.1) is 0 Å². The summed E-state index contributed by atoms with van der Waals surface area (Å²) in [5, 5.41) is 5.37. The van der Waals surface area contributed by atoms with Gasteiger partial charge in [0.1, 0.15) is 6.04 Å². The fourth-order valence-electron chi connectivity index (χ4n) is 2.63. The van der Waals surface area contributed by atoms with Gasteiger partial charge in [-0.25, -0.2) is 0 Å². The Morgan fingerprint density at radius 2 is 2.05 bits per heavy atom. The number of carbonyl (C=O) groups excluding carboxylic acids is 2. The van der Waals surface area contributed by atoms with E-state index in [1.54, 1.807) is 6.92 Å². The molecule has 120 valence electrons. The summed E-state index contributed by atoms with van der Waals surface area (Å²) in [5.74, 6) is -0.453. The lowest BCUT2D eigenvalue weighted by Gasteiger charge is -2.14. The molecule has 22 heavy (non-hydrogen) atoms. The first-order chi connectivity index (χ1) is 10.5. The first kappa shape index (κ1) is 16.5. The molecule has 5 nitrogen and oxygen atoms in total. The summed E-state index contributed by atoms with van der Waals surface area (Å²) in [4.78, 5) is 22.9. The monoisotopic (exact) mass is 304 g/mol. The zero-order chi connectivity index (χ0) is 15.9. The van der Waals surface area contributed by atoms with Crippen molar-refractivity contribution in [1.29, 1.82) is 0 Å². The van der Waals surface area contributed by atoms with Crippen LogP contribution in [0.2, 0.25) is 0 Å². The predicted octanol–water partition coefficient (Wildman–Crippen LogP) is 2.61. The summed E-state index contributed by atoms with van der Waals surface area (Å²) >= 11 is 0. The van der Waals surface area contributed by atoms with Crippen molar-refractivity contribution in [2.75, 3.05) is 5.32 Å². The molecule has 1 aromatic rings. The topological polar surface area (TPSA) is 67.4 Å². The fourth-order valence-corrected chi connectivity index (χ4v) is 2.63. The van der Waals surface area contributed by atoms with Crippen LogP contribution in [0.3, 0.4) is 0 Å². The summed E-state index contributed by atoms with van der Waals surface area (Å²) in [6.45, 7) is 3.62. The molecule has 2 amide bonds. The largest absolute Gasteiger partial charge is 0.374 e. The number of hydrogen-bond donors (Lipinski definition) is 2. The van der Waals surface area contributed by atoms with Crippen molar-refractivity contribution in [3.63, 3.8) is 0 Å². The minimum absolute atomic E-state index is 0.221. The second-order valence-corrected chi connectivity index (χ2v) is 5.83. The third-order valence-corrected chi connectivity index (χ3v) is 3.80. The molecule has 0 aliphatic heterocycles. The molecule has 1 aliphatic rings. The third kappa shape index (κ3) is 5.15. The summed E-state index contributed by atoms with van der Waals surface area (Å²) in [7, 11) is 0. The Labute approximate surface area is 131 Å². The van der Waals surface area contributed by atoms with E-state index in [2.05, 4.69) is 10.6 Å². The zero-order valence-corrected chi connectivity index (χ0v) is 13.2. The van der Waals surface area contributed by atoms with Gasteiger partial charge in [-0.05, 0) is 37.5 Å². The van der Waals surface area contributed by atoms with Crippen molar-refractivity contribution < 1.29 is 14.3 Å². The molecule has 1 aliphatic carbocycles. The normalized spacial score (nSPS) is 16.3. The van der Waals surface area contributed by atoms with Crippen LogP contribution in [0, 0.1) is 0 Å². The summed E-state index contributed by atoms with van der Waals surface area (Å²) < 4.78 is 5.88. The maximum atomic E-state index is 12.0. The van der Waals surface area contributed by atoms with E-state index >= 15 is 0 Å². The van der Waals surface area contributed by atoms with Gasteiger partial charge in [0.25, 0.3) is 0 Å². The van der Waals surface area contributed by atoms with E-state index in [1.165, 1.54) is 19.8 Å². The molecule has 1 aromatic carbocycles. The molecule has 2 N–H and O–H groups in total. The van der Waals surface area contributed by atoms with Crippen LogP contribution in [0.25, 0.3) is 0 Å². The van der Waals surface area contributed by atoms with E-state index < -0.39 is 6.04 Å². The Morgan fingerprint density at radius 3 is 2.73 bits per heavy atom. The molecule has 1 atom stereocenters. The molecule has 0 unspecified atom stereocenters. The molecular weight excluding hydrogens is 280 g/mol. The van der Waals surface area contributed by atoms with Gasteiger partial charge in [0.2, 0.25) is 11.8 Å². The number of benzene rings is 1. The minimum Gasteiger partial charge on any atom is -0.374 e. The lowest BCUT2D eigenvalue weighted by Crippen LogP contribution is -2.40. The highest BCUT2D eigenvalue weighted by Gasteiger charge is 2.16. The Bertz CT molecular complexity index is 524. The maximum absolute atomic E-state index is 12.0. The van der Waals surface area contributed by atoms with Gasteiger partial charge >= 0.3 is 0 Å². The predicted molar refractivity (Wildman–Crippen MR) is 85.4 cm³/mol. The van der Waals surface area contributed by atoms with Crippen LogP contribution in [-0.4, -0.2) is 24.0 Å². The molecule has 0 spiro atoms. The van der Waals surface area contributed by atoms with Crippen LogP contribution in [-0.2, 0) is 20.9 Å². The van der Waals surface area contributed by atoms with Gasteiger partial charge in [0, 0.05) is 12.6 Å². The lowest BCUT2D eigenvalue weighted by atomic mass is 10.2. The van der Waals surface area contributed by atoms with Crippen LogP contribution in [0.5, 0.6) is 0 Å². The molecule has 1 saturated carbocycles. The maximum Gasteiger partial charge on any atom is 0.246 e. The van der Waals surface area contributed by atoms with E-state index in [0.29, 0.717) is 12.7 Å². The van der Waals surface area contributed by atoms with Crippen molar-refractivity contribution in [2.24, 2.45) is 0 Å². The van der Waals surface area contributed by atoms with Crippen molar-refractivity contribution in [3.8, 4) is 0 Å². The Morgan fingerprint density at radius 1 is 1.32 bits per heavy atom. The average Bonchev–Trinajstić information content (AvgIpc) is 2.98. The van der Waals surface area contributed by atoms with Crippen molar-refractivity contribution >= 4 is 17.5 Å². The van der Waals surface area contributed by atoms with E-state index in [9.17, 15) is 9.59 Å². The number of amides is 2. The second kappa shape index (κ2) is 7.94. The smallest absolute Gasteiger partial charge is 0.246 e. The standard InChI is InChI=1S/C17H24N2O3/c1-12(18-13(2)20)17(21)19-15-7-5-6-14(10-15)11-22-16-8-3-4-9-16/h5-7,10,12,16H,3-4,8-9,11H2,1-2H3,(H,18,20)(H,19,21)/t12-/m0/s1. The van der Waals surface area contributed by atoms with E-state index in [0.717, 1.165) is 24.1 Å². The molecule has 0 saturated heterocycles. The summed E-state index contributed by atoms with van der Waals surface area (Å²) in [5.41, 5.74) is 1.76.